The molecule has 1 saturated heterocycles. The summed E-state index contributed by atoms with van der Waals surface area (Å²) in [6.45, 7) is 4.04. The van der Waals surface area contributed by atoms with Crippen molar-refractivity contribution in [1.82, 2.24) is 14.9 Å². The molecule has 0 unspecified atom stereocenters. The van der Waals surface area contributed by atoms with Gasteiger partial charge in [-0.15, -0.1) is 0 Å². The first-order valence-corrected chi connectivity index (χ1v) is 5.24. The Kier molecular flexibility index (Phi) is 3.01. The SMILES string of the molecule is CN1CCCN(c2cc(=O)[nH]cn2)CC1. The van der Waals surface area contributed by atoms with E-state index in [0.717, 1.165) is 38.4 Å². The maximum Gasteiger partial charge on any atom is 0.252 e. The molecule has 1 aliphatic rings. The van der Waals surface area contributed by atoms with Crippen molar-refractivity contribution in [2.45, 2.75) is 6.42 Å². The molecule has 5 nitrogen and oxygen atoms in total. The highest BCUT2D eigenvalue weighted by Crippen LogP contribution is 2.09. The van der Waals surface area contributed by atoms with Crippen molar-refractivity contribution in [2.24, 2.45) is 0 Å². The second-order valence-electron chi connectivity index (χ2n) is 3.91. The van der Waals surface area contributed by atoms with Gasteiger partial charge in [0.2, 0.25) is 0 Å². The zero-order valence-corrected chi connectivity index (χ0v) is 8.94. The molecule has 82 valence electrons. The van der Waals surface area contributed by atoms with E-state index in [2.05, 4.69) is 26.8 Å². The average molecular weight is 208 g/mol. The molecule has 0 radical (unpaired) electrons. The summed E-state index contributed by atoms with van der Waals surface area (Å²) in [5.74, 6) is 0.786. The summed E-state index contributed by atoms with van der Waals surface area (Å²) in [5, 5.41) is 0. The van der Waals surface area contributed by atoms with Crippen LogP contribution in [-0.2, 0) is 0 Å². The highest BCUT2D eigenvalue weighted by Gasteiger charge is 2.13. The van der Waals surface area contributed by atoms with E-state index in [1.807, 2.05) is 0 Å². The van der Waals surface area contributed by atoms with E-state index in [9.17, 15) is 4.79 Å². The van der Waals surface area contributed by atoms with Crippen molar-refractivity contribution in [1.29, 1.82) is 0 Å². The zero-order valence-electron chi connectivity index (χ0n) is 8.94. The zero-order chi connectivity index (χ0) is 10.7. The van der Waals surface area contributed by atoms with Crippen LogP contribution < -0.4 is 10.5 Å². The molecule has 0 bridgehead atoms. The number of aromatic nitrogens is 2. The first kappa shape index (κ1) is 10.2. The summed E-state index contributed by atoms with van der Waals surface area (Å²) >= 11 is 0. The Labute approximate surface area is 88.7 Å². The maximum atomic E-state index is 11.2. The van der Waals surface area contributed by atoms with Gasteiger partial charge in [0.25, 0.3) is 5.56 Å². The minimum absolute atomic E-state index is 0.0856. The van der Waals surface area contributed by atoms with Crippen molar-refractivity contribution in [2.75, 3.05) is 38.1 Å². The third-order valence-corrected chi connectivity index (χ3v) is 2.71. The second kappa shape index (κ2) is 4.44. The predicted molar refractivity (Wildman–Crippen MR) is 59.2 cm³/mol. The molecular weight excluding hydrogens is 192 g/mol. The molecule has 1 N–H and O–H groups in total. The molecule has 0 spiro atoms. The lowest BCUT2D eigenvalue weighted by molar-refractivity contribution is 0.360. The van der Waals surface area contributed by atoms with E-state index in [1.165, 1.54) is 6.33 Å². The smallest absolute Gasteiger partial charge is 0.252 e. The van der Waals surface area contributed by atoms with Gasteiger partial charge in [-0.2, -0.15) is 0 Å². The Morgan fingerprint density at radius 2 is 2.20 bits per heavy atom. The van der Waals surface area contributed by atoms with E-state index in [4.69, 9.17) is 0 Å². The molecule has 0 amide bonds. The number of hydrogen-bond acceptors (Lipinski definition) is 4. The highest BCUT2D eigenvalue weighted by molar-refractivity contribution is 5.36. The van der Waals surface area contributed by atoms with Crippen molar-refractivity contribution < 1.29 is 0 Å². The molecule has 5 heteroatoms. The van der Waals surface area contributed by atoms with E-state index in [0.29, 0.717) is 0 Å². The van der Waals surface area contributed by atoms with Crippen molar-refractivity contribution in [3.8, 4) is 0 Å². The molecule has 0 aliphatic carbocycles. The van der Waals surface area contributed by atoms with Crippen molar-refractivity contribution >= 4 is 5.82 Å². The Balaban J connectivity index is 2.13. The summed E-state index contributed by atoms with van der Waals surface area (Å²) in [6, 6.07) is 1.56. The predicted octanol–water partition coefficient (Wildman–Crippen LogP) is -0.0882. The maximum absolute atomic E-state index is 11.2. The summed E-state index contributed by atoms with van der Waals surface area (Å²) in [5.41, 5.74) is -0.0856. The van der Waals surface area contributed by atoms with E-state index in [1.54, 1.807) is 6.07 Å². The second-order valence-corrected chi connectivity index (χ2v) is 3.91. The van der Waals surface area contributed by atoms with Crippen LogP contribution in [0.1, 0.15) is 6.42 Å². The van der Waals surface area contributed by atoms with Crippen molar-refractivity contribution in [3.05, 3.63) is 22.7 Å². The summed E-state index contributed by atoms with van der Waals surface area (Å²) in [6.07, 6.45) is 2.58. The Bertz CT molecular complexity index is 376. The largest absolute Gasteiger partial charge is 0.355 e. The summed E-state index contributed by atoms with van der Waals surface area (Å²) in [7, 11) is 2.12. The Morgan fingerprint density at radius 1 is 1.33 bits per heavy atom. The van der Waals surface area contributed by atoms with Crippen LogP contribution in [0.25, 0.3) is 0 Å². The third kappa shape index (κ3) is 2.56. The van der Waals surface area contributed by atoms with Crippen LogP contribution in [0.3, 0.4) is 0 Å². The molecule has 0 saturated carbocycles. The summed E-state index contributed by atoms with van der Waals surface area (Å²) in [4.78, 5) is 22.3. The van der Waals surface area contributed by atoms with Crippen LogP contribution in [0.15, 0.2) is 17.2 Å². The number of rotatable bonds is 1. The molecule has 2 rings (SSSR count). The lowest BCUT2D eigenvalue weighted by atomic mass is 10.4. The van der Waals surface area contributed by atoms with Gasteiger partial charge < -0.3 is 14.8 Å². The van der Waals surface area contributed by atoms with Crippen LogP contribution >= 0.6 is 0 Å². The first-order chi connectivity index (χ1) is 7.25. The Morgan fingerprint density at radius 3 is 3.00 bits per heavy atom. The lowest BCUT2D eigenvalue weighted by Crippen LogP contribution is -2.30. The fraction of sp³-hybridized carbons (Fsp3) is 0.600. The Hall–Kier alpha value is -1.36. The van der Waals surface area contributed by atoms with Crippen LogP contribution in [0, 0.1) is 0 Å². The molecule has 0 atom stereocenters. The van der Waals surface area contributed by atoms with Crippen LogP contribution in [0.4, 0.5) is 5.82 Å². The van der Waals surface area contributed by atoms with Gasteiger partial charge >= 0.3 is 0 Å². The van der Waals surface area contributed by atoms with Crippen LogP contribution in [0.2, 0.25) is 0 Å². The molecule has 1 aromatic rings. The van der Waals surface area contributed by atoms with Gasteiger partial charge in [-0.1, -0.05) is 0 Å². The van der Waals surface area contributed by atoms with Gasteiger partial charge in [-0.05, 0) is 20.0 Å². The van der Waals surface area contributed by atoms with E-state index >= 15 is 0 Å². The standard InChI is InChI=1S/C10H16N4O/c1-13-3-2-4-14(6-5-13)9-7-10(15)12-8-11-9/h7-8H,2-6H2,1H3,(H,11,12,15). The number of hydrogen-bond donors (Lipinski definition) is 1. The van der Waals surface area contributed by atoms with Gasteiger partial charge in [-0.3, -0.25) is 4.79 Å². The van der Waals surface area contributed by atoms with E-state index < -0.39 is 0 Å². The monoisotopic (exact) mass is 208 g/mol. The van der Waals surface area contributed by atoms with Gasteiger partial charge in [0.15, 0.2) is 0 Å². The normalized spacial score (nSPS) is 18.9. The average Bonchev–Trinajstić information content (AvgIpc) is 2.43. The highest BCUT2D eigenvalue weighted by atomic mass is 16.1. The minimum atomic E-state index is -0.0856. The number of anilines is 1. The van der Waals surface area contributed by atoms with Crippen molar-refractivity contribution in [3.63, 3.8) is 0 Å². The molecule has 0 aromatic carbocycles. The molecule has 1 fully saturated rings. The van der Waals surface area contributed by atoms with Gasteiger partial charge in [-0.25, -0.2) is 4.98 Å². The number of aromatic amines is 1. The molecule has 1 aliphatic heterocycles. The molecular formula is C10H16N4O. The number of nitrogens with zero attached hydrogens (tertiary/aromatic N) is 3. The minimum Gasteiger partial charge on any atom is -0.355 e. The van der Waals surface area contributed by atoms with Gasteiger partial charge in [0.1, 0.15) is 5.82 Å². The van der Waals surface area contributed by atoms with Gasteiger partial charge in [0.05, 0.1) is 6.33 Å². The van der Waals surface area contributed by atoms with Crippen LogP contribution in [-0.4, -0.2) is 48.1 Å². The lowest BCUT2D eigenvalue weighted by Gasteiger charge is -2.20. The van der Waals surface area contributed by atoms with Gasteiger partial charge in [0, 0.05) is 25.7 Å². The van der Waals surface area contributed by atoms with E-state index in [-0.39, 0.29) is 5.56 Å². The molecule has 15 heavy (non-hydrogen) atoms. The molecule has 2 heterocycles. The summed E-state index contributed by atoms with van der Waals surface area (Å²) < 4.78 is 0. The third-order valence-electron chi connectivity index (χ3n) is 2.71. The fourth-order valence-corrected chi connectivity index (χ4v) is 1.81. The van der Waals surface area contributed by atoms with Crippen LogP contribution in [0.5, 0.6) is 0 Å². The topological polar surface area (TPSA) is 52.2 Å². The molecule has 1 aromatic heterocycles. The quantitative estimate of drug-likeness (QED) is 0.701. The number of likely N-dealkylation sites (N-methyl/N-ethyl adjacent to an activating group) is 1. The fourth-order valence-electron chi connectivity index (χ4n) is 1.81. The first-order valence-electron chi connectivity index (χ1n) is 5.24. The number of nitrogens with one attached hydrogen (secondary N) is 1. The number of H-pyrrole nitrogens is 1.